The SMILES string of the molecule is C=C(/C(=C\C(=C/CCC)C(=N)/C=C(\NC)NC(=O)NC)CC)N(C)C. The fourth-order valence-corrected chi connectivity index (χ4v) is 1.99. The van der Waals surface area contributed by atoms with Crippen molar-refractivity contribution in [1.82, 2.24) is 20.9 Å². The van der Waals surface area contributed by atoms with Gasteiger partial charge in [0.1, 0.15) is 5.82 Å². The molecule has 0 radical (unpaired) electrons. The first-order valence-electron chi connectivity index (χ1n) is 8.55. The zero-order chi connectivity index (χ0) is 19.4. The maximum Gasteiger partial charge on any atom is 0.320 e. The van der Waals surface area contributed by atoms with Gasteiger partial charge in [0.2, 0.25) is 0 Å². The van der Waals surface area contributed by atoms with Crippen molar-refractivity contribution < 1.29 is 4.79 Å². The quantitative estimate of drug-likeness (QED) is 0.362. The van der Waals surface area contributed by atoms with Crippen LogP contribution < -0.4 is 16.0 Å². The number of likely N-dealkylation sites (N-methyl/N-ethyl adjacent to an activating group) is 1. The summed E-state index contributed by atoms with van der Waals surface area (Å²) in [6, 6.07) is -0.335. The molecule has 0 atom stereocenters. The van der Waals surface area contributed by atoms with Gasteiger partial charge in [0.25, 0.3) is 0 Å². The van der Waals surface area contributed by atoms with Crippen LogP contribution in [0.1, 0.15) is 33.1 Å². The number of hydrogen-bond acceptors (Lipinski definition) is 4. The first-order valence-corrected chi connectivity index (χ1v) is 8.55. The van der Waals surface area contributed by atoms with Crippen LogP contribution in [-0.4, -0.2) is 44.8 Å². The van der Waals surface area contributed by atoms with Crippen molar-refractivity contribution >= 4 is 11.7 Å². The van der Waals surface area contributed by atoms with Crippen molar-refractivity contribution in [1.29, 1.82) is 5.41 Å². The second-order valence-corrected chi connectivity index (χ2v) is 5.74. The second-order valence-electron chi connectivity index (χ2n) is 5.74. The van der Waals surface area contributed by atoms with Gasteiger partial charge in [-0.15, -0.1) is 0 Å². The fourth-order valence-electron chi connectivity index (χ4n) is 1.99. The number of allylic oxidation sites excluding steroid dienone is 5. The smallest absolute Gasteiger partial charge is 0.320 e. The molecule has 0 aromatic heterocycles. The van der Waals surface area contributed by atoms with Gasteiger partial charge in [0.05, 0.1) is 5.71 Å². The Morgan fingerprint density at radius 2 is 1.80 bits per heavy atom. The van der Waals surface area contributed by atoms with E-state index in [0.717, 1.165) is 36.1 Å². The predicted molar refractivity (Wildman–Crippen MR) is 107 cm³/mol. The van der Waals surface area contributed by atoms with E-state index in [1.807, 2.05) is 31.1 Å². The molecule has 0 saturated carbocycles. The highest BCUT2D eigenvalue weighted by atomic mass is 16.2. The Hall–Kier alpha value is -2.50. The van der Waals surface area contributed by atoms with Crippen molar-refractivity contribution in [3.05, 3.63) is 47.5 Å². The molecule has 0 aromatic rings. The largest absolute Gasteiger partial charge is 0.378 e. The lowest BCUT2D eigenvalue weighted by Crippen LogP contribution is -2.36. The van der Waals surface area contributed by atoms with E-state index in [-0.39, 0.29) is 6.03 Å². The van der Waals surface area contributed by atoms with E-state index in [2.05, 4.69) is 36.4 Å². The van der Waals surface area contributed by atoms with Crippen LogP contribution in [0.25, 0.3) is 0 Å². The molecular formula is C19H33N5O. The molecule has 2 amide bonds. The van der Waals surface area contributed by atoms with Gasteiger partial charge in [-0.05, 0) is 30.1 Å². The third-order valence-electron chi connectivity index (χ3n) is 3.62. The van der Waals surface area contributed by atoms with Gasteiger partial charge < -0.3 is 20.9 Å². The average Bonchev–Trinajstić information content (AvgIpc) is 2.60. The van der Waals surface area contributed by atoms with Crippen LogP contribution in [0, 0.1) is 5.41 Å². The molecule has 0 saturated heterocycles. The molecule has 0 heterocycles. The highest BCUT2D eigenvalue weighted by Gasteiger charge is 2.08. The van der Waals surface area contributed by atoms with Crippen molar-refractivity contribution in [3.8, 4) is 0 Å². The predicted octanol–water partition coefficient (Wildman–Crippen LogP) is 3.13. The second kappa shape index (κ2) is 11.9. The van der Waals surface area contributed by atoms with E-state index >= 15 is 0 Å². The van der Waals surface area contributed by atoms with Crippen molar-refractivity contribution in [2.45, 2.75) is 33.1 Å². The van der Waals surface area contributed by atoms with Gasteiger partial charge in [0, 0.05) is 40.0 Å². The monoisotopic (exact) mass is 347 g/mol. The Labute approximate surface area is 152 Å². The van der Waals surface area contributed by atoms with Gasteiger partial charge in [-0.2, -0.15) is 0 Å². The molecule has 25 heavy (non-hydrogen) atoms. The van der Waals surface area contributed by atoms with Gasteiger partial charge >= 0.3 is 6.03 Å². The minimum atomic E-state index is -0.335. The molecule has 140 valence electrons. The number of carbonyl (C=O) groups excluding carboxylic acids is 1. The molecule has 0 bridgehead atoms. The van der Waals surface area contributed by atoms with Crippen LogP contribution in [0.5, 0.6) is 0 Å². The van der Waals surface area contributed by atoms with Crippen LogP contribution in [0.2, 0.25) is 0 Å². The number of rotatable bonds is 10. The maximum atomic E-state index is 11.5. The van der Waals surface area contributed by atoms with Crippen molar-refractivity contribution in [2.24, 2.45) is 0 Å². The van der Waals surface area contributed by atoms with Crippen molar-refractivity contribution in [3.63, 3.8) is 0 Å². The van der Waals surface area contributed by atoms with E-state index in [0.29, 0.717) is 11.5 Å². The number of nitrogens with zero attached hydrogens (tertiary/aromatic N) is 1. The Balaban J connectivity index is 5.69. The molecular weight excluding hydrogens is 314 g/mol. The lowest BCUT2D eigenvalue weighted by Gasteiger charge is -2.18. The third kappa shape index (κ3) is 8.24. The average molecular weight is 348 g/mol. The third-order valence-corrected chi connectivity index (χ3v) is 3.62. The summed E-state index contributed by atoms with van der Waals surface area (Å²) in [5.74, 6) is 0.463. The summed E-state index contributed by atoms with van der Waals surface area (Å²) < 4.78 is 0. The molecule has 0 unspecified atom stereocenters. The maximum absolute atomic E-state index is 11.5. The minimum absolute atomic E-state index is 0.326. The van der Waals surface area contributed by atoms with E-state index in [1.165, 1.54) is 0 Å². The van der Waals surface area contributed by atoms with Crippen LogP contribution in [0.4, 0.5) is 4.79 Å². The number of carbonyl (C=O) groups is 1. The van der Waals surface area contributed by atoms with E-state index in [9.17, 15) is 4.79 Å². The molecule has 4 N–H and O–H groups in total. The van der Waals surface area contributed by atoms with Crippen LogP contribution in [-0.2, 0) is 0 Å². The summed E-state index contributed by atoms with van der Waals surface area (Å²) in [5, 5.41) is 16.5. The number of hydrogen-bond donors (Lipinski definition) is 4. The van der Waals surface area contributed by atoms with E-state index in [1.54, 1.807) is 20.2 Å². The Morgan fingerprint density at radius 3 is 2.24 bits per heavy atom. The normalized spacial score (nSPS) is 12.5. The molecule has 0 aliphatic rings. The van der Waals surface area contributed by atoms with E-state index in [4.69, 9.17) is 5.41 Å². The summed E-state index contributed by atoms with van der Waals surface area (Å²) in [4.78, 5) is 13.4. The highest BCUT2D eigenvalue weighted by Crippen LogP contribution is 2.18. The topological polar surface area (TPSA) is 80.2 Å². The Bertz CT molecular complexity index is 570. The molecule has 0 spiro atoms. The zero-order valence-corrected chi connectivity index (χ0v) is 16.4. The number of amides is 2. The molecule has 0 aromatic carbocycles. The van der Waals surface area contributed by atoms with Crippen molar-refractivity contribution in [2.75, 3.05) is 28.2 Å². The Kier molecular flexibility index (Phi) is 10.8. The van der Waals surface area contributed by atoms with Crippen LogP contribution >= 0.6 is 0 Å². The summed E-state index contributed by atoms with van der Waals surface area (Å²) in [7, 11) is 7.16. The van der Waals surface area contributed by atoms with Gasteiger partial charge in [-0.25, -0.2) is 4.79 Å². The van der Waals surface area contributed by atoms with Crippen LogP contribution in [0.3, 0.4) is 0 Å². The van der Waals surface area contributed by atoms with E-state index < -0.39 is 0 Å². The molecule has 0 fully saturated rings. The van der Waals surface area contributed by atoms with Gasteiger partial charge in [-0.1, -0.05) is 32.9 Å². The van der Waals surface area contributed by atoms with Gasteiger partial charge in [-0.3, -0.25) is 5.32 Å². The van der Waals surface area contributed by atoms with Crippen LogP contribution in [0.15, 0.2) is 47.5 Å². The lowest BCUT2D eigenvalue weighted by molar-refractivity contribution is 0.245. The number of unbranched alkanes of at least 4 members (excludes halogenated alkanes) is 1. The minimum Gasteiger partial charge on any atom is -0.378 e. The summed E-state index contributed by atoms with van der Waals surface area (Å²) in [6.45, 7) is 8.29. The molecule has 6 nitrogen and oxygen atoms in total. The lowest BCUT2D eigenvalue weighted by atomic mass is 10.0. The molecule has 0 aliphatic heterocycles. The Morgan fingerprint density at radius 1 is 1.16 bits per heavy atom. The molecule has 0 aliphatic carbocycles. The first-order chi connectivity index (χ1) is 11.8. The fraction of sp³-hybridized carbons (Fsp3) is 0.474. The molecule has 0 rings (SSSR count). The standard InChI is InChI=1S/C19H33N5O/c1-8-10-11-16(12-15(9-2)14(3)24(6)7)17(20)13-18(21-4)23-19(25)22-5/h11-13,20-21H,3,8-10H2,1-2,4-7H3,(H2,22,23,25)/b15-12-,16-11+,18-13+,20-17?. The summed E-state index contributed by atoms with van der Waals surface area (Å²) in [5.41, 5.74) is 3.15. The number of nitrogens with one attached hydrogen (secondary N) is 4. The highest BCUT2D eigenvalue weighted by molar-refractivity contribution is 6.08. The molecule has 6 heteroatoms. The number of urea groups is 1. The van der Waals surface area contributed by atoms with Gasteiger partial charge in [0.15, 0.2) is 0 Å². The summed E-state index contributed by atoms with van der Waals surface area (Å²) in [6.07, 6.45) is 8.37. The first kappa shape index (κ1) is 22.5. The zero-order valence-electron chi connectivity index (χ0n) is 16.4. The summed E-state index contributed by atoms with van der Waals surface area (Å²) >= 11 is 0.